The van der Waals surface area contributed by atoms with Crippen molar-refractivity contribution in [3.05, 3.63) is 24.3 Å². The summed E-state index contributed by atoms with van der Waals surface area (Å²) in [5.74, 6) is 0.163. The van der Waals surface area contributed by atoms with Crippen LogP contribution >= 0.6 is 0 Å². The first-order valence-electron chi connectivity index (χ1n) is 7.06. The van der Waals surface area contributed by atoms with E-state index in [-0.39, 0.29) is 23.9 Å². The molecule has 0 aliphatic rings. The quantitative estimate of drug-likeness (QED) is 0.495. The van der Waals surface area contributed by atoms with E-state index in [9.17, 15) is 13.2 Å². The van der Waals surface area contributed by atoms with Crippen LogP contribution in [-0.4, -0.2) is 43.6 Å². The molecule has 8 heteroatoms. The zero-order chi connectivity index (χ0) is 16.8. The molecule has 0 aromatic heterocycles. The lowest BCUT2D eigenvalue weighted by atomic mass is 10.2. The molecule has 0 heterocycles. The van der Waals surface area contributed by atoms with Gasteiger partial charge < -0.3 is 16.2 Å². The number of rotatable bonds is 8. The SMILES string of the molecule is CC(C)CN(CCCNC(=O)O)S(=O)(=O)c1ccc(N)cc1. The number of amides is 1. The maximum Gasteiger partial charge on any atom is 0.404 e. The number of nitrogen functional groups attached to an aromatic ring is 1. The normalized spacial score (nSPS) is 11.8. The minimum atomic E-state index is -3.61. The number of hydrogen-bond donors (Lipinski definition) is 3. The molecule has 0 bridgehead atoms. The monoisotopic (exact) mass is 329 g/mol. The summed E-state index contributed by atoms with van der Waals surface area (Å²) >= 11 is 0. The Hall–Kier alpha value is -1.80. The predicted octanol–water partition coefficient (Wildman–Crippen LogP) is 1.57. The van der Waals surface area contributed by atoms with Gasteiger partial charge in [-0.15, -0.1) is 0 Å². The highest BCUT2D eigenvalue weighted by Crippen LogP contribution is 2.18. The average Bonchev–Trinajstić information content (AvgIpc) is 2.42. The van der Waals surface area contributed by atoms with E-state index < -0.39 is 16.1 Å². The molecule has 0 aliphatic carbocycles. The van der Waals surface area contributed by atoms with Crippen molar-refractivity contribution in [1.29, 1.82) is 0 Å². The molecule has 0 saturated heterocycles. The Morgan fingerprint density at radius 2 is 1.91 bits per heavy atom. The number of carbonyl (C=O) groups is 1. The second-order valence-electron chi connectivity index (χ2n) is 5.41. The van der Waals surface area contributed by atoms with Crippen LogP contribution in [0.4, 0.5) is 10.5 Å². The third kappa shape index (κ3) is 5.53. The van der Waals surface area contributed by atoms with Gasteiger partial charge in [-0.05, 0) is 36.6 Å². The Morgan fingerprint density at radius 3 is 2.41 bits per heavy atom. The van der Waals surface area contributed by atoms with E-state index in [1.54, 1.807) is 12.1 Å². The fourth-order valence-electron chi connectivity index (χ4n) is 1.96. The molecule has 1 aromatic carbocycles. The maximum atomic E-state index is 12.7. The van der Waals surface area contributed by atoms with E-state index in [0.29, 0.717) is 18.7 Å². The molecule has 0 saturated carbocycles. The first kappa shape index (κ1) is 18.2. The lowest BCUT2D eigenvalue weighted by Gasteiger charge is -2.24. The fraction of sp³-hybridized carbons (Fsp3) is 0.500. The molecule has 0 fully saturated rings. The van der Waals surface area contributed by atoms with Gasteiger partial charge in [0.25, 0.3) is 0 Å². The van der Waals surface area contributed by atoms with Gasteiger partial charge in [-0.1, -0.05) is 13.8 Å². The zero-order valence-electron chi connectivity index (χ0n) is 12.8. The van der Waals surface area contributed by atoms with E-state index in [1.165, 1.54) is 16.4 Å². The van der Waals surface area contributed by atoms with Crippen molar-refractivity contribution in [2.24, 2.45) is 5.92 Å². The van der Waals surface area contributed by atoms with Crippen LogP contribution in [-0.2, 0) is 10.0 Å². The van der Waals surface area contributed by atoms with Crippen molar-refractivity contribution in [3.8, 4) is 0 Å². The van der Waals surface area contributed by atoms with Crippen LogP contribution in [0, 0.1) is 5.92 Å². The Bertz CT molecular complexity index is 585. The van der Waals surface area contributed by atoms with Crippen LogP contribution in [0.1, 0.15) is 20.3 Å². The number of nitrogens with one attached hydrogen (secondary N) is 1. The number of anilines is 1. The summed E-state index contributed by atoms with van der Waals surface area (Å²) in [5, 5.41) is 10.8. The standard InChI is InChI=1S/C14H23N3O4S/c1-11(2)10-17(9-3-8-16-14(18)19)22(20,21)13-6-4-12(15)5-7-13/h4-7,11,16H,3,8-10,15H2,1-2H3,(H,18,19). The molecule has 124 valence electrons. The summed E-state index contributed by atoms with van der Waals surface area (Å²) in [6.07, 6.45) is -0.704. The van der Waals surface area contributed by atoms with Crippen molar-refractivity contribution in [2.45, 2.75) is 25.2 Å². The van der Waals surface area contributed by atoms with Crippen LogP contribution in [0.15, 0.2) is 29.2 Å². The summed E-state index contributed by atoms with van der Waals surface area (Å²) < 4.78 is 26.7. The van der Waals surface area contributed by atoms with Crippen molar-refractivity contribution >= 4 is 21.8 Å². The highest BCUT2D eigenvalue weighted by molar-refractivity contribution is 7.89. The molecule has 7 nitrogen and oxygen atoms in total. The van der Waals surface area contributed by atoms with E-state index in [1.807, 2.05) is 13.8 Å². The molecule has 1 aromatic rings. The zero-order valence-corrected chi connectivity index (χ0v) is 13.6. The molecule has 0 radical (unpaired) electrons. The molecular weight excluding hydrogens is 306 g/mol. The number of carboxylic acid groups (broad SMARTS) is 1. The van der Waals surface area contributed by atoms with Gasteiger partial charge in [0.15, 0.2) is 0 Å². The van der Waals surface area contributed by atoms with E-state index >= 15 is 0 Å². The van der Waals surface area contributed by atoms with Crippen LogP contribution < -0.4 is 11.1 Å². The molecule has 22 heavy (non-hydrogen) atoms. The number of sulfonamides is 1. The largest absolute Gasteiger partial charge is 0.465 e. The second-order valence-corrected chi connectivity index (χ2v) is 7.35. The van der Waals surface area contributed by atoms with Gasteiger partial charge in [0, 0.05) is 25.3 Å². The van der Waals surface area contributed by atoms with Crippen molar-refractivity contribution in [2.75, 3.05) is 25.4 Å². The molecule has 0 unspecified atom stereocenters. The summed E-state index contributed by atoms with van der Waals surface area (Å²) in [6, 6.07) is 6.06. The van der Waals surface area contributed by atoms with Crippen LogP contribution in [0.5, 0.6) is 0 Å². The van der Waals surface area contributed by atoms with Gasteiger partial charge in [0.2, 0.25) is 10.0 Å². The number of nitrogens with two attached hydrogens (primary N) is 1. The fourth-order valence-corrected chi connectivity index (χ4v) is 3.60. The number of benzene rings is 1. The number of nitrogens with zero attached hydrogens (tertiary/aromatic N) is 1. The third-order valence-electron chi connectivity index (χ3n) is 2.95. The second kappa shape index (κ2) is 8.00. The Morgan fingerprint density at radius 1 is 1.32 bits per heavy atom. The Kier molecular flexibility index (Phi) is 6.63. The predicted molar refractivity (Wildman–Crippen MR) is 85.1 cm³/mol. The Labute approximate surface area is 131 Å². The highest BCUT2D eigenvalue weighted by Gasteiger charge is 2.24. The minimum absolute atomic E-state index is 0.163. The van der Waals surface area contributed by atoms with Gasteiger partial charge in [-0.25, -0.2) is 13.2 Å². The van der Waals surface area contributed by atoms with E-state index in [4.69, 9.17) is 10.8 Å². The van der Waals surface area contributed by atoms with Gasteiger partial charge >= 0.3 is 6.09 Å². The van der Waals surface area contributed by atoms with Gasteiger partial charge in [0.05, 0.1) is 4.90 Å². The van der Waals surface area contributed by atoms with Crippen molar-refractivity contribution < 1.29 is 18.3 Å². The molecule has 0 aliphatic heterocycles. The van der Waals surface area contributed by atoms with Gasteiger partial charge in [0.1, 0.15) is 0 Å². The van der Waals surface area contributed by atoms with Crippen LogP contribution in [0.3, 0.4) is 0 Å². The number of hydrogen-bond acceptors (Lipinski definition) is 4. The maximum absolute atomic E-state index is 12.7. The minimum Gasteiger partial charge on any atom is -0.465 e. The lowest BCUT2D eigenvalue weighted by molar-refractivity contribution is 0.194. The van der Waals surface area contributed by atoms with Gasteiger partial charge in [-0.3, -0.25) is 0 Å². The van der Waals surface area contributed by atoms with E-state index in [2.05, 4.69) is 5.32 Å². The smallest absolute Gasteiger partial charge is 0.404 e. The summed E-state index contributed by atoms with van der Waals surface area (Å²) in [7, 11) is -3.61. The molecule has 0 spiro atoms. The van der Waals surface area contributed by atoms with Crippen molar-refractivity contribution in [3.63, 3.8) is 0 Å². The first-order chi connectivity index (χ1) is 10.2. The van der Waals surface area contributed by atoms with Crippen LogP contribution in [0.2, 0.25) is 0 Å². The molecular formula is C14H23N3O4S. The summed E-state index contributed by atoms with van der Waals surface area (Å²) in [4.78, 5) is 10.6. The van der Waals surface area contributed by atoms with Crippen LogP contribution in [0.25, 0.3) is 0 Å². The molecule has 1 rings (SSSR count). The average molecular weight is 329 g/mol. The van der Waals surface area contributed by atoms with Crippen molar-refractivity contribution in [1.82, 2.24) is 9.62 Å². The topological polar surface area (TPSA) is 113 Å². The first-order valence-corrected chi connectivity index (χ1v) is 8.50. The molecule has 4 N–H and O–H groups in total. The van der Waals surface area contributed by atoms with Gasteiger partial charge in [-0.2, -0.15) is 4.31 Å². The summed E-state index contributed by atoms with van der Waals surface area (Å²) in [6.45, 7) is 4.70. The summed E-state index contributed by atoms with van der Waals surface area (Å²) in [5.41, 5.74) is 6.08. The highest BCUT2D eigenvalue weighted by atomic mass is 32.2. The molecule has 1 amide bonds. The lowest BCUT2D eigenvalue weighted by Crippen LogP contribution is -2.36. The third-order valence-corrected chi connectivity index (χ3v) is 4.83. The van der Waals surface area contributed by atoms with E-state index in [0.717, 1.165) is 0 Å². The molecule has 0 atom stereocenters. The Balaban J connectivity index is 2.84.